The summed E-state index contributed by atoms with van der Waals surface area (Å²) in [5.41, 5.74) is 0. The molecule has 0 aromatic heterocycles. The van der Waals surface area contributed by atoms with Gasteiger partial charge in [0.2, 0.25) is 0 Å². The van der Waals surface area contributed by atoms with Gasteiger partial charge >= 0.3 is 0 Å². The van der Waals surface area contributed by atoms with E-state index in [4.69, 9.17) is 0 Å². The summed E-state index contributed by atoms with van der Waals surface area (Å²) in [6, 6.07) is 0. The summed E-state index contributed by atoms with van der Waals surface area (Å²) in [6.45, 7) is 6.94. The summed E-state index contributed by atoms with van der Waals surface area (Å²) in [7, 11) is 0.422. The molecule has 0 rings (SSSR count). The third kappa shape index (κ3) is 11.0. The Morgan fingerprint density at radius 2 is 0.929 bits per heavy atom. The molecule has 0 aromatic carbocycles. The van der Waals surface area contributed by atoms with Crippen LogP contribution in [0.2, 0.25) is 0 Å². The van der Waals surface area contributed by atoms with Crippen LogP contribution in [0.4, 0.5) is 0 Å². The molecule has 14 heavy (non-hydrogen) atoms. The van der Waals surface area contributed by atoms with Crippen molar-refractivity contribution in [3.8, 4) is 0 Å². The van der Waals surface area contributed by atoms with Gasteiger partial charge in [-0.3, -0.25) is 0 Å². The fraction of sp³-hybridized carbons (Fsp3) is 1.00. The van der Waals surface area contributed by atoms with E-state index >= 15 is 0 Å². The van der Waals surface area contributed by atoms with Gasteiger partial charge in [-0.15, -0.1) is 7.92 Å². The smallest absolute Gasteiger partial charge is 0 e. The van der Waals surface area contributed by atoms with Gasteiger partial charge in [-0.1, -0.05) is 40.0 Å². The SMILES string of the molecule is CCCCP(CCCC)CCCC.[Cr]. The van der Waals surface area contributed by atoms with Crippen molar-refractivity contribution in [2.45, 2.75) is 59.3 Å². The molecule has 0 spiro atoms. The standard InChI is InChI=1S/C12H27P.Cr/c1-4-7-10-13(11-8-5-2)12-9-6-3;/h4-12H2,1-3H3;. The molecule has 2 heteroatoms. The second kappa shape index (κ2) is 14.0. The van der Waals surface area contributed by atoms with Crippen LogP contribution in [0.1, 0.15) is 59.3 Å². The maximum atomic E-state index is 2.31. The van der Waals surface area contributed by atoms with Crippen molar-refractivity contribution in [3.05, 3.63) is 0 Å². The average Bonchev–Trinajstić information content (AvgIpc) is 2.17. The van der Waals surface area contributed by atoms with Crippen LogP contribution in [0.5, 0.6) is 0 Å². The van der Waals surface area contributed by atoms with Crippen molar-refractivity contribution in [2.75, 3.05) is 18.5 Å². The Hall–Kier alpha value is 0.962. The van der Waals surface area contributed by atoms with Crippen molar-refractivity contribution in [1.29, 1.82) is 0 Å². The van der Waals surface area contributed by atoms with Gasteiger partial charge in [-0.05, 0) is 37.7 Å². The van der Waals surface area contributed by atoms with Gasteiger partial charge in [-0.25, -0.2) is 0 Å². The van der Waals surface area contributed by atoms with Gasteiger partial charge in [-0.2, -0.15) is 0 Å². The van der Waals surface area contributed by atoms with Crippen LogP contribution in [0.25, 0.3) is 0 Å². The van der Waals surface area contributed by atoms with Gasteiger partial charge in [0.25, 0.3) is 0 Å². The van der Waals surface area contributed by atoms with E-state index in [1.807, 2.05) is 0 Å². The van der Waals surface area contributed by atoms with E-state index < -0.39 is 0 Å². The van der Waals surface area contributed by atoms with Crippen molar-refractivity contribution in [3.63, 3.8) is 0 Å². The van der Waals surface area contributed by atoms with Crippen LogP contribution in [0, 0.1) is 0 Å². The second-order valence-electron chi connectivity index (χ2n) is 3.90. The third-order valence-electron chi connectivity index (χ3n) is 2.48. The molecule has 0 amide bonds. The Morgan fingerprint density at radius 3 is 1.14 bits per heavy atom. The molecule has 0 radical (unpaired) electrons. The first kappa shape index (κ1) is 17.4. The van der Waals surface area contributed by atoms with Crippen molar-refractivity contribution in [1.82, 2.24) is 0 Å². The van der Waals surface area contributed by atoms with E-state index in [1.165, 1.54) is 38.5 Å². The van der Waals surface area contributed by atoms with E-state index in [2.05, 4.69) is 20.8 Å². The zero-order valence-corrected chi connectivity index (χ0v) is 12.4. The molecule has 0 saturated carbocycles. The predicted molar refractivity (Wildman–Crippen MR) is 66.2 cm³/mol. The van der Waals surface area contributed by atoms with Gasteiger partial charge in [0.15, 0.2) is 0 Å². The molecule has 0 aliphatic carbocycles. The first-order chi connectivity index (χ1) is 6.35. The molecule has 0 nitrogen and oxygen atoms in total. The largest absolute Gasteiger partial charge is 0.107 e. The number of rotatable bonds is 9. The molecule has 0 unspecified atom stereocenters. The predicted octanol–water partition coefficient (Wildman–Crippen LogP) is 4.87. The van der Waals surface area contributed by atoms with Crippen LogP contribution >= 0.6 is 7.92 Å². The summed E-state index contributed by atoms with van der Waals surface area (Å²) in [6.07, 6.45) is 13.2. The number of hydrogen-bond acceptors (Lipinski definition) is 0. The van der Waals surface area contributed by atoms with E-state index in [1.54, 1.807) is 18.5 Å². The molecule has 0 aliphatic rings. The van der Waals surface area contributed by atoms with Gasteiger partial charge in [0.1, 0.15) is 0 Å². The van der Waals surface area contributed by atoms with E-state index in [9.17, 15) is 0 Å². The molecule has 0 heterocycles. The Balaban J connectivity index is 0. The molecule has 0 bridgehead atoms. The maximum Gasteiger partial charge on any atom is 0 e. The molecule has 0 aromatic rings. The monoisotopic (exact) mass is 254 g/mol. The quantitative estimate of drug-likeness (QED) is 0.515. The number of hydrogen-bond donors (Lipinski definition) is 0. The molecular weight excluding hydrogens is 227 g/mol. The Morgan fingerprint density at radius 1 is 0.643 bits per heavy atom. The molecule has 0 N–H and O–H groups in total. The van der Waals surface area contributed by atoms with Crippen LogP contribution in [-0.2, 0) is 17.4 Å². The third-order valence-corrected chi connectivity index (χ3v) is 5.33. The van der Waals surface area contributed by atoms with Gasteiger partial charge in [0.05, 0.1) is 0 Å². The first-order valence-corrected chi connectivity index (χ1v) is 7.97. The zero-order chi connectivity index (χ0) is 9.94. The molecule has 86 valence electrons. The van der Waals surface area contributed by atoms with Gasteiger partial charge < -0.3 is 0 Å². The van der Waals surface area contributed by atoms with E-state index in [-0.39, 0.29) is 17.4 Å². The topological polar surface area (TPSA) is 0 Å². The van der Waals surface area contributed by atoms with E-state index in [0.29, 0.717) is 7.92 Å². The van der Waals surface area contributed by atoms with Crippen molar-refractivity contribution in [2.24, 2.45) is 0 Å². The Labute approximate surface area is 103 Å². The summed E-state index contributed by atoms with van der Waals surface area (Å²) in [5.74, 6) is 0. The minimum Gasteiger partial charge on any atom is -0.107 e. The fourth-order valence-electron chi connectivity index (χ4n) is 1.48. The zero-order valence-electron chi connectivity index (χ0n) is 10.2. The van der Waals surface area contributed by atoms with E-state index in [0.717, 1.165) is 0 Å². The number of unbranched alkanes of at least 4 members (excludes halogenated alkanes) is 3. The van der Waals surface area contributed by atoms with Crippen LogP contribution in [0.15, 0.2) is 0 Å². The molecule has 0 saturated heterocycles. The van der Waals surface area contributed by atoms with Gasteiger partial charge in [0, 0.05) is 17.4 Å². The normalized spacial score (nSPS) is 10.3. The van der Waals surface area contributed by atoms with Crippen LogP contribution in [0.3, 0.4) is 0 Å². The summed E-state index contributed by atoms with van der Waals surface area (Å²) < 4.78 is 0. The fourth-order valence-corrected chi connectivity index (χ4v) is 4.44. The molecule has 0 aliphatic heterocycles. The summed E-state index contributed by atoms with van der Waals surface area (Å²) in [5, 5.41) is 0. The van der Waals surface area contributed by atoms with Crippen molar-refractivity contribution >= 4 is 7.92 Å². The maximum absolute atomic E-state index is 2.31. The average molecular weight is 254 g/mol. The molecule has 0 atom stereocenters. The minimum absolute atomic E-state index is 0. The Bertz CT molecular complexity index is 77.3. The minimum atomic E-state index is 0. The Kier molecular flexibility index (Phi) is 17.3. The van der Waals surface area contributed by atoms with Crippen LogP contribution < -0.4 is 0 Å². The van der Waals surface area contributed by atoms with Crippen molar-refractivity contribution < 1.29 is 17.4 Å². The van der Waals surface area contributed by atoms with Crippen LogP contribution in [-0.4, -0.2) is 18.5 Å². The molecule has 0 fully saturated rings. The first-order valence-electron chi connectivity index (χ1n) is 6.07. The summed E-state index contributed by atoms with van der Waals surface area (Å²) >= 11 is 0. The second-order valence-corrected chi connectivity index (χ2v) is 6.59. The molecular formula is C12H27CrP. The summed E-state index contributed by atoms with van der Waals surface area (Å²) in [4.78, 5) is 0.